The lowest BCUT2D eigenvalue weighted by molar-refractivity contribution is 0.632. The Kier molecular flexibility index (Phi) is 5.44. The van der Waals surface area contributed by atoms with Gasteiger partial charge in [-0.1, -0.05) is 117 Å². The van der Waals surface area contributed by atoms with Crippen LogP contribution in [0.4, 0.5) is 17.1 Å². The lowest BCUT2D eigenvalue weighted by Crippen LogP contribution is -2.31. The van der Waals surface area contributed by atoms with E-state index in [1.165, 1.54) is 67.0 Å². The number of anilines is 3. The minimum absolute atomic E-state index is 0.104. The molecule has 50 heavy (non-hydrogen) atoms. The van der Waals surface area contributed by atoms with Crippen LogP contribution in [-0.4, -0.2) is 0 Å². The zero-order valence-electron chi connectivity index (χ0n) is 27.7. The second-order valence-electron chi connectivity index (χ2n) is 14.4. The first-order chi connectivity index (χ1) is 24.5. The van der Waals surface area contributed by atoms with Crippen LogP contribution in [0, 0.1) is 0 Å². The van der Waals surface area contributed by atoms with Gasteiger partial charge in [-0.3, -0.25) is 4.79 Å². The molecule has 11 rings (SSSR count). The van der Waals surface area contributed by atoms with Gasteiger partial charge in [0, 0.05) is 31.3 Å². The molecular weight excluding hydrogens is 627 g/mol. The number of hydrogen-bond acceptors (Lipinski definition) is 3. The first-order valence-corrected chi connectivity index (χ1v) is 18.1. The number of rotatable bonds is 1. The molecule has 1 spiro atoms. The minimum Gasteiger partial charge on any atom is -0.310 e. The number of para-hydroxylation sites is 2. The summed E-state index contributed by atoms with van der Waals surface area (Å²) in [4.78, 5) is 16.7. The van der Waals surface area contributed by atoms with Crippen molar-refractivity contribution in [2.24, 2.45) is 0 Å². The Labute approximate surface area is 294 Å². The molecule has 7 aromatic carbocycles. The van der Waals surface area contributed by atoms with E-state index in [0.717, 1.165) is 25.9 Å². The molecule has 0 fully saturated rings. The number of benzene rings is 7. The maximum atomic E-state index is 14.2. The maximum Gasteiger partial charge on any atom is 0.195 e. The lowest BCUT2D eigenvalue weighted by atomic mass is 9.70. The monoisotopic (exact) mass is 657 g/mol. The summed E-state index contributed by atoms with van der Waals surface area (Å²) in [6, 6.07) is 55.1. The van der Waals surface area contributed by atoms with E-state index in [4.69, 9.17) is 0 Å². The Morgan fingerprint density at radius 3 is 1.70 bits per heavy atom. The van der Waals surface area contributed by atoms with Crippen LogP contribution in [0.25, 0.3) is 42.4 Å². The molecule has 1 aliphatic heterocycles. The fraction of sp³-hybridized carbons (Fsp3) is 0.0851. The normalized spacial score (nSPS) is 17.3. The van der Waals surface area contributed by atoms with Gasteiger partial charge in [-0.15, -0.1) is 11.3 Å². The standard InChI is InChI=1S/C47H31NOS/c1-46(2)37-18-8-10-20-41(37)48(42-21-11-9-19-38(42)46)28-23-24-31-29-13-3-6-16-35(29)47(39(31)25-28)36-17-7-4-14-30(36)33-27-44-34(26-40(33)47)45(49)32-15-5-12-22-43(32)50-44/h3-27H,1-2H3. The van der Waals surface area contributed by atoms with Crippen molar-refractivity contribution in [3.05, 3.63) is 195 Å². The number of hydrogen-bond donors (Lipinski definition) is 0. The zero-order chi connectivity index (χ0) is 33.4. The van der Waals surface area contributed by atoms with E-state index in [-0.39, 0.29) is 10.8 Å². The second-order valence-corrected chi connectivity index (χ2v) is 15.5. The van der Waals surface area contributed by atoms with E-state index in [2.05, 4.69) is 152 Å². The molecule has 2 nitrogen and oxygen atoms in total. The summed E-state index contributed by atoms with van der Waals surface area (Å²) in [5.74, 6) is 0. The van der Waals surface area contributed by atoms with E-state index in [9.17, 15) is 4.79 Å². The van der Waals surface area contributed by atoms with Crippen LogP contribution < -0.4 is 10.3 Å². The van der Waals surface area contributed by atoms with Crippen LogP contribution in [0.15, 0.2) is 156 Å². The summed E-state index contributed by atoms with van der Waals surface area (Å²) in [7, 11) is 0. The predicted octanol–water partition coefficient (Wildman–Crippen LogP) is 11.9. The van der Waals surface area contributed by atoms with Crippen LogP contribution in [-0.2, 0) is 10.8 Å². The summed E-state index contributed by atoms with van der Waals surface area (Å²) in [5, 5.41) is 1.58. The first-order valence-electron chi connectivity index (χ1n) is 17.3. The number of fused-ring (bicyclic) bond motifs is 14. The van der Waals surface area contributed by atoms with Gasteiger partial charge in [-0.25, -0.2) is 0 Å². The molecular formula is C47H31NOS. The van der Waals surface area contributed by atoms with Crippen molar-refractivity contribution in [3.8, 4) is 22.3 Å². The summed E-state index contributed by atoms with van der Waals surface area (Å²) < 4.78 is 2.06. The molecule has 1 unspecified atom stereocenters. The lowest BCUT2D eigenvalue weighted by Gasteiger charge is -2.42. The average molecular weight is 658 g/mol. The molecule has 3 aliphatic rings. The second kappa shape index (κ2) is 9.68. The van der Waals surface area contributed by atoms with E-state index >= 15 is 0 Å². The highest BCUT2D eigenvalue weighted by Gasteiger charge is 2.52. The molecule has 0 saturated heterocycles. The molecule has 3 heteroatoms. The third-order valence-electron chi connectivity index (χ3n) is 11.7. The van der Waals surface area contributed by atoms with Crippen LogP contribution in [0.3, 0.4) is 0 Å². The van der Waals surface area contributed by atoms with Crippen molar-refractivity contribution in [2.75, 3.05) is 4.90 Å². The van der Waals surface area contributed by atoms with Crippen molar-refractivity contribution < 1.29 is 0 Å². The molecule has 0 amide bonds. The van der Waals surface area contributed by atoms with E-state index in [1.807, 2.05) is 18.2 Å². The Morgan fingerprint density at radius 1 is 0.460 bits per heavy atom. The molecule has 2 heterocycles. The van der Waals surface area contributed by atoms with Crippen molar-refractivity contribution in [3.63, 3.8) is 0 Å². The fourth-order valence-corrected chi connectivity index (χ4v) is 10.6. The number of nitrogens with zero attached hydrogens (tertiary/aromatic N) is 1. The summed E-state index contributed by atoms with van der Waals surface area (Å²) in [6.45, 7) is 4.67. The Morgan fingerprint density at radius 2 is 1.00 bits per heavy atom. The van der Waals surface area contributed by atoms with Gasteiger partial charge in [0.15, 0.2) is 5.43 Å². The van der Waals surface area contributed by atoms with Gasteiger partial charge in [-0.2, -0.15) is 0 Å². The fourth-order valence-electron chi connectivity index (χ4n) is 9.51. The van der Waals surface area contributed by atoms with Crippen molar-refractivity contribution in [1.29, 1.82) is 0 Å². The molecule has 0 saturated carbocycles. The summed E-state index contributed by atoms with van der Waals surface area (Å²) in [6.07, 6.45) is 0. The van der Waals surface area contributed by atoms with E-state index < -0.39 is 5.41 Å². The van der Waals surface area contributed by atoms with Gasteiger partial charge >= 0.3 is 0 Å². The molecule has 236 valence electrons. The first kappa shape index (κ1) is 28.1. The molecule has 0 bridgehead atoms. The van der Waals surface area contributed by atoms with Crippen LogP contribution >= 0.6 is 11.3 Å². The van der Waals surface area contributed by atoms with Gasteiger partial charge in [0.2, 0.25) is 0 Å². The highest BCUT2D eigenvalue weighted by atomic mass is 32.1. The summed E-state index contributed by atoms with van der Waals surface area (Å²) >= 11 is 1.71. The van der Waals surface area contributed by atoms with Crippen LogP contribution in [0.5, 0.6) is 0 Å². The van der Waals surface area contributed by atoms with Crippen LogP contribution in [0.2, 0.25) is 0 Å². The van der Waals surface area contributed by atoms with Gasteiger partial charge in [0.1, 0.15) is 0 Å². The van der Waals surface area contributed by atoms with Crippen molar-refractivity contribution in [2.45, 2.75) is 24.7 Å². The van der Waals surface area contributed by atoms with Gasteiger partial charge in [0.05, 0.1) is 16.8 Å². The third-order valence-corrected chi connectivity index (χ3v) is 12.8. The largest absolute Gasteiger partial charge is 0.310 e. The summed E-state index contributed by atoms with van der Waals surface area (Å²) in [5.41, 5.74) is 15.5. The van der Waals surface area contributed by atoms with Gasteiger partial charge in [0.25, 0.3) is 0 Å². The van der Waals surface area contributed by atoms with Gasteiger partial charge in [-0.05, 0) is 104 Å². The maximum absolute atomic E-state index is 14.2. The van der Waals surface area contributed by atoms with Crippen molar-refractivity contribution in [1.82, 2.24) is 0 Å². The highest BCUT2D eigenvalue weighted by molar-refractivity contribution is 7.24. The average Bonchev–Trinajstić information content (AvgIpc) is 3.61. The zero-order valence-corrected chi connectivity index (χ0v) is 28.5. The van der Waals surface area contributed by atoms with Crippen LogP contribution in [0.1, 0.15) is 47.2 Å². The Hall–Kier alpha value is -5.77. The highest BCUT2D eigenvalue weighted by Crippen LogP contribution is 2.64. The topological polar surface area (TPSA) is 20.3 Å². The molecule has 1 atom stereocenters. The predicted molar refractivity (Wildman–Crippen MR) is 209 cm³/mol. The van der Waals surface area contributed by atoms with E-state index in [0.29, 0.717) is 0 Å². The van der Waals surface area contributed by atoms with Gasteiger partial charge < -0.3 is 4.90 Å². The Bertz CT molecular complexity index is 2790. The molecule has 0 radical (unpaired) electrons. The Balaban J connectivity index is 1.25. The quantitative estimate of drug-likeness (QED) is 0.164. The third kappa shape index (κ3) is 3.36. The van der Waals surface area contributed by atoms with E-state index in [1.54, 1.807) is 11.3 Å². The molecule has 8 aromatic rings. The molecule has 1 aromatic heterocycles. The van der Waals surface area contributed by atoms with Crippen molar-refractivity contribution >= 4 is 48.6 Å². The molecule has 0 N–H and O–H groups in total. The smallest absolute Gasteiger partial charge is 0.195 e. The SMILES string of the molecule is CC1(C)c2ccccc2N(c2ccc3c(c2)C2(c4ccccc4-3)c3ccccc3-c3cc4sc5ccccc5c(=O)c4cc32)c2ccccc21. The minimum atomic E-state index is -0.571. The molecule has 2 aliphatic carbocycles.